The van der Waals surface area contributed by atoms with Crippen LogP contribution >= 0.6 is 11.3 Å². The summed E-state index contributed by atoms with van der Waals surface area (Å²) in [5, 5.41) is 1.04. The molecule has 1 unspecified atom stereocenters. The van der Waals surface area contributed by atoms with E-state index < -0.39 is 12.0 Å². The molecule has 0 radical (unpaired) electrons. The van der Waals surface area contributed by atoms with E-state index in [9.17, 15) is 9.59 Å². The highest BCUT2D eigenvalue weighted by Gasteiger charge is 2.33. The number of fused-ring (bicyclic) bond motifs is 2. The van der Waals surface area contributed by atoms with Gasteiger partial charge in [0.25, 0.3) is 5.56 Å². The maximum absolute atomic E-state index is 13.8. The van der Waals surface area contributed by atoms with Crippen molar-refractivity contribution in [2.45, 2.75) is 39.7 Å². The molecular formula is C28H27N3O3S. The summed E-state index contributed by atoms with van der Waals surface area (Å²) in [5.41, 5.74) is 4.79. The first-order valence-corrected chi connectivity index (χ1v) is 12.6. The first-order chi connectivity index (χ1) is 16.9. The molecule has 2 aromatic carbocycles. The van der Waals surface area contributed by atoms with Crippen LogP contribution in [0.5, 0.6) is 0 Å². The summed E-state index contributed by atoms with van der Waals surface area (Å²) in [6.07, 6.45) is 3.80. The van der Waals surface area contributed by atoms with Crippen LogP contribution in [0, 0.1) is 0 Å². The van der Waals surface area contributed by atoms with Crippen LogP contribution in [0.25, 0.3) is 17.0 Å². The number of hydrogen-bond donors (Lipinski definition) is 1. The minimum Gasteiger partial charge on any atom is -0.463 e. The van der Waals surface area contributed by atoms with E-state index in [4.69, 9.17) is 4.74 Å². The number of H-pyrrole nitrogens is 1. The van der Waals surface area contributed by atoms with E-state index in [1.165, 1.54) is 16.9 Å². The highest BCUT2D eigenvalue weighted by molar-refractivity contribution is 7.07. The molecule has 1 atom stereocenters. The van der Waals surface area contributed by atoms with Crippen LogP contribution in [-0.4, -0.2) is 22.1 Å². The van der Waals surface area contributed by atoms with Gasteiger partial charge in [-0.1, -0.05) is 67.6 Å². The van der Waals surface area contributed by atoms with Crippen LogP contribution in [0.3, 0.4) is 0 Å². The highest BCUT2D eigenvalue weighted by Crippen LogP contribution is 2.31. The summed E-state index contributed by atoms with van der Waals surface area (Å²) in [7, 11) is 0. The Morgan fingerprint density at radius 1 is 1.20 bits per heavy atom. The Balaban J connectivity index is 1.72. The number of esters is 1. The van der Waals surface area contributed by atoms with Crippen molar-refractivity contribution < 1.29 is 9.53 Å². The number of thiazole rings is 1. The van der Waals surface area contributed by atoms with E-state index in [0.29, 0.717) is 26.5 Å². The number of aromatic nitrogens is 2. The van der Waals surface area contributed by atoms with Crippen molar-refractivity contribution in [2.75, 3.05) is 6.61 Å². The molecule has 7 heteroatoms. The van der Waals surface area contributed by atoms with Crippen molar-refractivity contribution >= 4 is 34.3 Å². The average Bonchev–Trinajstić information content (AvgIpc) is 3.39. The van der Waals surface area contributed by atoms with Crippen molar-refractivity contribution in [3.63, 3.8) is 0 Å². The van der Waals surface area contributed by atoms with E-state index >= 15 is 0 Å². The second-order valence-corrected chi connectivity index (χ2v) is 9.92. The van der Waals surface area contributed by atoms with Gasteiger partial charge in [0.05, 0.1) is 28.5 Å². The minimum absolute atomic E-state index is 0.175. The number of carbonyl (C=O) groups is 1. The fraction of sp³-hybridized carbons (Fsp3) is 0.250. The Labute approximate surface area is 206 Å². The van der Waals surface area contributed by atoms with Gasteiger partial charge in [0.2, 0.25) is 0 Å². The van der Waals surface area contributed by atoms with Gasteiger partial charge in [0, 0.05) is 22.7 Å². The molecule has 1 N–H and O–H groups in total. The van der Waals surface area contributed by atoms with Crippen LogP contribution < -0.4 is 14.9 Å². The topological polar surface area (TPSA) is 76.4 Å². The molecule has 178 valence electrons. The minimum atomic E-state index is -0.600. The molecule has 5 rings (SSSR count). The molecule has 0 saturated carbocycles. The second-order valence-electron chi connectivity index (χ2n) is 8.91. The van der Waals surface area contributed by atoms with Crippen molar-refractivity contribution in [3.05, 3.63) is 102 Å². The fourth-order valence-electron chi connectivity index (χ4n) is 4.52. The van der Waals surface area contributed by atoms with Crippen molar-refractivity contribution in [1.82, 2.24) is 9.55 Å². The van der Waals surface area contributed by atoms with E-state index in [1.807, 2.05) is 48.7 Å². The molecule has 35 heavy (non-hydrogen) atoms. The van der Waals surface area contributed by atoms with Crippen molar-refractivity contribution in [2.24, 2.45) is 4.99 Å². The smallest absolute Gasteiger partial charge is 0.338 e. The number of nitrogens with zero attached hydrogens (tertiary/aromatic N) is 2. The molecule has 1 aliphatic heterocycles. The van der Waals surface area contributed by atoms with E-state index in [0.717, 1.165) is 22.0 Å². The Hall–Kier alpha value is -3.71. The molecule has 0 saturated heterocycles. The molecule has 0 amide bonds. The van der Waals surface area contributed by atoms with E-state index in [1.54, 1.807) is 18.4 Å². The maximum atomic E-state index is 13.8. The molecule has 1 aliphatic rings. The van der Waals surface area contributed by atoms with Gasteiger partial charge in [0.1, 0.15) is 0 Å². The van der Waals surface area contributed by atoms with Gasteiger partial charge in [-0.2, -0.15) is 0 Å². The lowest BCUT2D eigenvalue weighted by Gasteiger charge is -2.25. The SMILES string of the molecule is CCOC(=O)C1=C(C)N=c2sc(=Cc3c[nH]c4ccccc34)c(=O)n2C1c1ccc(C(C)C)cc1. The first-order valence-electron chi connectivity index (χ1n) is 11.7. The van der Waals surface area contributed by atoms with Gasteiger partial charge < -0.3 is 9.72 Å². The van der Waals surface area contributed by atoms with Gasteiger partial charge >= 0.3 is 5.97 Å². The third-order valence-electron chi connectivity index (χ3n) is 6.34. The zero-order chi connectivity index (χ0) is 24.7. The zero-order valence-electron chi connectivity index (χ0n) is 20.2. The summed E-state index contributed by atoms with van der Waals surface area (Å²) >= 11 is 1.33. The number of para-hydroxylation sites is 1. The van der Waals surface area contributed by atoms with Crippen LogP contribution in [0.4, 0.5) is 0 Å². The predicted octanol–water partition coefficient (Wildman–Crippen LogP) is 4.40. The zero-order valence-corrected chi connectivity index (χ0v) is 21.0. The molecule has 6 nitrogen and oxygen atoms in total. The van der Waals surface area contributed by atoms with Crippen LogP contribution in [0.2, 0.25) is 0 Å². The van der Waals surface area contributed by atoms with Gasteiger partial charge in [-0.3, -0.25) is 9.36 Å². The molecular weight excluding hydrogens is 458 g/mol. The molecule has 4 aromatic rings. The number of benzene rings is 2. The van der Waals surface area contributed by atoms with Gasteiger partial charge in [-0.05, 0) is 43.0 Å². The molecule has 2 aromatic heterocycles. The lowest BCUT2D eigenvalue weighted by atomic mass is 9.93. The van der Waals surface area contributed by atoms with Crippen LogP contribution in [0.1, 0.15) is 56.3 Å². The number of nitrogens with one attached hydrogen (secondary N) is 1. The normalized spacial score (nSPS) is 16.0. The summed E-state index contributed by atoms with van der Waals surface area (Å²) in [6, 6.07) is 15.5. The monoisotopic (exact) mass is 485 g/mol. The van der Waals surface area contributed by atoms with E-state index in [-0.39, 0.29) is 12.2 Å². The lowest BCUT2D eigenvalue weighted by molar-refractivity contribution is -0.139. The quantitative estimate of drug-likeness (QED) is 0.426. The third kappa shape index (κ3) is 4.06. The summed E-state index contributed by atoms with van der Waals surface area (Å²) in [6.45, 7) is 8.10. The summed E-state index contributed by atoms with van der Waals surface area (Å²) < 4.78 is 7.58. The summed E-state index contributed by atoms with van der Waals surface area (Å²) in [5.74, 6) is -0.0680. The maximum Gasteiger partial charge on any atom is 0.338 e. The molecule has 0 spiro atoms. The average molecular weight is 486 g/mol. The van der Waals surface area contributed by atoms with E-state index in [2.05, 4.69) is 36.0 Å². The molecule has 0 fully saturated rings. The predicted molar refractivity (Wildman–Crippen MR) is 139 cm³/mol. The Kier molecular flexibility index (Phi) is 6.03. The largest absolute Gasteiger partial charge is 0.463 e. The van der Waals surface area contributed by atoms with Crippen molar-refractivity contribution in [3.8, 4) is 0 Å². The second kappa shape index (κ2) is 9.15. The Morgan fingerprint density at radius 2 is 1.94 bits per heavy atom. The molecule has 3 heterocycles. The van der Waals surface area contributed by atoms with Crippen LogP contribution in [-0.2, 0) is 9.53 Å². The number of hydrogen-bond acceptors (Lipinski definition) is 5. The van der Waals surface area contributed by atoms with Gasteiger partial charge in [-0.25, -0.2) is 9.79 Å². The highest BCUT2D eigenvalue weighted by atomic mass is 32.1. The number of ether oxygens (including phenoxy) is 1. The standard InChI is InChI=1S/C28H27N3O3S/c1-5-34-27(33)24-17(4)30-28-31(25(24)19-12-10-18(11-13-19)16(2)3)26(32)23(35-28)14-20-15-29-22-9-7-6-8-21(20)22/h6-16,25,29H,5H2,1-4H3. The third-order valence-corrected chi connectivity index (χ3v) is 7.33. The number of aromatic amines is 1. The van der Waals surface area contributed by atoms with Crippen molar-refractivity contribution in [1.29, 1.82) is 0 Å². The number of rotatable bonds is 5. The lowest BCUT2D eigenvalue weighted by Crippen LogP contribution is -2.39. The molecule has 0 bridgehead atoms. The Morgan fingerprint density at radius 3 is 2.66 bits per heavy atom. The fourth-order valence-corrected chi connectivity index (χ4v) is 5.56. The number of carbonyl (C=O) groups excluding carboxylic acids is 1. The van der Waals surface area contributed by atoms with Gasteiger partial charge in [0.15, 0.2) is 4.80 Å². The van der Waals surface area contributed by atoms with Gasteiger partial charge in [-0.15, -0.1) is 0 Å². The number of allylic oxidation sites excluding steroid dienone is 1. The van der Waals surface area contributed by atoms with Crippen LogP contribution in [0.15, 0.2) is 75.8 Å². The Bertz CT molecular complexity index is 1640. The first kappa shape index (κ1) is 23.1. The summed E-state index contributed by atoms with van der Waals surface area (Å²) in [4.78, 5) is 35.3. The molecule has 0 aliphatic carbocycles.